The third kappa shape index (κ3) is 5.28. The highest BCUT2D eigenvalue weighted by atomic mass is 16.1. The summed E-state index contributed by atoms with van der Waals surface area (Å²) in [6.45, 7) is 0.596. The van der Waals surface area contributed by atoms with Crippen molar-refractivity contribution >= 4 is 5.91 Å². The largest absolute Gasteiger partial charge is 0.354 e. The molecule has 0 aliphatic carbocycles. The van der Waals surface area contributed by atoms with Gasteiger partial charge in [-0.2, -0.15) is 5.10 Å². The van der Waals surface area contributed by atoms with Crippen molar-refractivity contribution in [2.24, 2.45) is 0 Å². The zero-order valence-corrected chi connectivity index (χ0v) is 15.9. The van der Waals surface area contributed by atoms with Crippen LogP contribution >= 0.6 is 0 Å². The Morgan fingerprint density at radius 2 is 1.74 bits per heavy atom. The highest BCUT2D eigenvalue weighted by Gasteiger charge is 2.15. The molecule has 140 valence electrons. The number of benzene rings is 2. The third-order valence-electron chi connectivity index (χ3n) is 4.60. The molecule has 1 atom stereocenters. The minimum atomic E-state index is 0.0604. The van der Waals surface area contributed by atoms with E-state index in [1.54, 1.807) is 0 Å². The molecule has 0 spiro atoms. The summed E-state index contributed by atoms with van der Waals surface area (Å²) in [6.07, 6.45) is 4.94. The van der Waals surface area contributed by atoms with Crippen LogP contribution < -0.4 is 5.32 Å². The van der Waals surface area contributed by atoms with Crippen LogP contribution in [0.1, 0.15) is 23.6 Å². The molecule has 0 aliphatic heterocycles. The van der Waals surface area contributed by atoms with E-state index in [0.717, 1.165) is 11.3 Å². The molecule has 2 aromatic carbocycles. The van der Waals surface area contributed by atoms with Crippen molar-refractivity contribution in [2.75, 3.05) is 20.6 Å². The Kier molecular flexibility index (Phi) is 6.39. The number of nitrogens with zero attached hydrogens (tertiary/aromatic N) is 3. The molecule has 3 aromatic rings. The van der Waals surface area contributed by atoms with Crippen LogP contribution in [-0.2, 0) is 11.2 Å². The van der Waals surface area contributed by atoms with E-state index >= 15 is 0 Å². The number of carbonyl (C=O) groups is 1. The van der Waals surface area contributed by atoms with Gasteiger partial charge in [-0.15, -0.1) is 0 Å². The minimum Gasteiger partial charge on any atom is -0.354 e. The molecule has 0 bridgehead atoms. The van der Waals surface area contributed by atoms with Gasteiger partial charge < -0.3 is 10.2 Å². The minimum absolute atomic E-state index is 0.0604. The van der Waals surface area contributed by atoms with Gasteiger partial charge in [-0.3, -0.25) is 4.79 Å². The van der Waals surface area contributed by atoms with Crippen molar-refractivity contribution < 1.29 is 4.79 Å². The predicted octanol–water partition coefficient (Wildman–Crippen LogP) is 3.22. The molecule has 3 rings (SSSR count). The number of rotatable bonds is 8. The van der Waals surface area contributed by atoms with E-state index in [-0.39, 0.29) is 11.9 Å². The first kappa shape index (κ1) is 18.9. The average molecular weight is 362 g/mol. The zero-order valence-electron chi connectivity index (χ0n) is 15.9. The second-order valence-corrected chi connectivity index (χ2v) is 6.82. The standard InChI is InChI=1S/C22H26N4O/c1-25(2)21(19-9-5-3-6-10-19)16-23-22(27)14-13-18-15-24-26(17-18)20-11-7-4-8-12-20/h3-12,15,17,21H,13-14,16H2,1-2H3,(H,23,27). The number of aromatic nitrogens is 2. The van der Waals surface area contributed by atoms with Gasteiger partial charge in [-0.25, -0.2) is 4.68 Å². The van der Waals surface area contributed by atoms with Crippen LogP contribution in [0.3, 0.4) is 0 Å². The lowest BCUT2D eigenvalue weighted by Crippen LogP contribution is -2.34. The van der Waals surface area contributed by atoms with E-state index in [2.05, 4.69) is 27.4 Å². The van der Waals surface area contributed by atoms with Crippen LogP contribution in [0, 0.1) is 0 Å². The molecule has 5 heteroatoms. The number of aryl methyl sites for hydroxylation is 1. The lowest BCUT2D eigenvalue weighted by atomic mass is 10.1. The molecule has 0 fully saturated rings. The quantitative estimate of drug-likeness (QED) is 0.669. The molecule has 5 nitrogen and oxygen atoms in total. The van der Waals surface area contributed by atoms with Crippen molar-refractivity contribution in [3.63, 3.8) is 0 Å². The van der Waals surface area contributed by atoms with E-state index in [9.17, 15) is 4.79 Å². The molecule has 0 aliphatic rings. The molecule has 1 heterocycles. The summed E-state index contributed by atoms with van der Waals surface area (Å²) >= 11 is 0. The highest BCUT2D eigenvalue weighted by molar-refractivity contribution is 5.76. The number of likely N-dealkylation sites (N-methyl/N-ethyl adjacent to an activating group) is 1. The van der Waals surface area contributed by atoms with Gasteiger partial charge in [-0.1, -0.05) is 48.5 Å². The second-order valence-electron chi connectivity index (χ2n) is 6.82. The van der Waals surface area contributed by atoms with Crippen LogP contribution in [0.4, 0.5) is 0 Å². The Balaban J connectivity index is 1.50. The Hall–Kier alpha value is -2.92. The molecule has 1 N–H and O–H groups in total. The molecule has 0 saturated carbocycles. The number of carbonyl (C=O) groups excluding carboxylic acids is 1. The van der Waals surface area contributed by atoms with Crippen molar-refractivity contribution in [2.45, 2.75) is 18.9 Å². The Morgan fingerprint density at radius 3 is 2.41 bits per heavy atom. The molecule has 0 saturated heterocycles. The summed E-state index contributed by atoms with van der Waals surface area (Å²) in [6, 6.07) is 20.4. The average Bonchev–Trinajstić information content (AvgIpc) is 3.17. The first-order valence-electron chi connectivity index (χ1n) is 9.20. The summed E-state index contributed by atoms with van der Waals surface area (Å²) in [5.74, 6) is 0.0604. The molecule has 1 unspecified atom stereocenters. The van der Waals surface area contributed by atoms with Crippen molar-refractivity contribution in [1.29, 1.82) is 0 Å². The van der Waals surface area contributed by atoms with Crippen molar-refractivity contribution in [3.05, 3.63) is 84.2 Å². The molecule has 27 heavy (non-hydrogen) atoms. The van der Waals surface area contributed by atoms with Crippen LogP contribution in [0.25, 0.3) is 5.69 Å². The van der Waals surface area contributed by atoms with Crippen molar-refractivity contribution in [1.82, 2.24) is 20.0 Å². The fourth-order valence-electron chi connectivity index (χ4n) is 3.04. The SMILES string of the molecule is CN(C)C(CNC(=O)CCc1cnn(-c2ccccc2)c1)c1ccccc1. The number of nitrogens with one attached hydrogen (secondary N) is 1. The summed E-state index contributed by atoms with van der Waals surface area (Å²) in [5, 5.41) is 7.44. The second kappa shape index (κ2) is 9.14. The maximum atomic E-state index is 12.3. The molecule has 1 aromatic heterocycles. The van der Waals surface area contributed by atoms with Crippen LogP contribution in [0.5, 0.6) is 0 Å². The summed E-state index contributed by atoms with van der Waals surface area (Å²) in [4.78, 5) is 14.4. The maximum absolute atomic E-state index is 12.3. The molecule has 1 amide bonds. The van der Waals surface area contributed by atoms with E-state index in [4.69, 9.17) is 0 Å². The smallest absolute Gasteiger partial charge is 0.220 e. The predicted molar refractivity (Wildman–Crippen MR) is 108 cm³/mol. The fraction of sp³-hybridized carbons (Fsp3) is 0.273. The zero-order chi connectivity index (χ0) is 19.1. The summed E-state index contributed by atoms with van der Waals surface area (Å²) in [7, 11) is 4.06. The topological polar surface area (TPSA) is 50.2 Å². The van der Waals surface area contributed by atoms with Crippen LogP contribution in [-0.4, -0.2) is 41.2 Å². The Bertz CT molecular complexity index is 843. The highest BCUT2D eigenvalue weighted by Crippen LogP contribution is 2.16. The van der Waals surface area contributed by atoms with Crippen LogP contribution in [0.2, 0.25) is 0 Å². The Morgan fingerprint density at radius 1 is 1.07 bits per heavy atom. The van der Waals surface area contributed by atoms with Crippen molar-refractivity contribution in [3.8, 4) is 5.69 Å². The van der Waals surface area contributed by atoms with Gasteiger partial charge in [0.1, 0.15) is 0 Å². The lowest BCUT2D eigenvalue weighted by molar-refractivity contribution is -0.121. The van der Waals surface area contributed by atoms with Crippen LogP contribution in [0.15, 0.2) is 73.1 Å². The van der Waals surface area contributed by atoms with Gasteiger partial charge in [0.05, 0.1) is 17.9 Å². The lowest BCUT2D eigenvalue weighted by Gasteiger charge is -2.25. The van der Waals surface area contributed by atoms with E-state index < -0.39 is 0 Å². The third-order valence-corrected chi connectivity index (χ3v) is 4.60. The van der Waals surface area contributed by atoms with Gasteiger partial charge in [-0.05, 0) is 43.8 Å². The first-order chi connectivity index (χ1) is 13.1. The van der Waals surface area contributed by atoms with Gasteiger partial charge in [0, 0.05) is 19.2 Å². The molecular formula is C22H26N4O. The maximum Gasteiger partial charge on any atom is 0.220 e. The first-order valence-corrected chi connectivity index (χ1v) is 9.20. The number of hydrogen-bond donors (Lipinski definition) is 1. The monoisotopic (exact) mass is 362 g/mol. The van der Waals surface area contributed by atoms with Gasteiger partial charge in [0.25, 0.3) is 0 Å². The summed E-state index contributed by atoms with van der Waals surface area (Å²) in [5.41, 5.74) is 3.28. The molecule has 0 radical (unpaired) electrons. The van der Waals surface area contributed by atoms with E-state index in [1.165, 1.54) is 5.56 Å². The Labute approximate surface area is 160 Å². The summed E-state index contributed by atoms with van der Waals surface area (Å²) < 4.78 is 1.84. The fourth-order valence-corrected chi connectivity index (χ4v) is 3.04. The van der Waals surface area contributed by atoms with Gasteiger partial charge >= 0.3 is 0 Å². The van der Waals surface area contributed by atoms with E-state index in [1.807, 2.05) is 79.7 Å². The van der Waals surface area contributed by atoms with Gasteiger partial charge in [0.2, 0.25) is 5.91 Å². The van der Waals surface area contributed by atoms with Gasteiger partial charge in [0.15, 0.2) is 0 Å². The molecular weight excluding hydrogens is 336 g/mol. The van der Waals surface area contributed by atoms with E-state index in [0.29, 0.717) is 19.4 Å². The number of hydrogen-bond acceptors (Lipinski definition) is 3. The number of para-hydroxylation sites is 1. The normalized spacial score (nSPS) is 12.1. The number of amides is 1.